The zero-order valence-electron chi connectivity index (χ0n) is 6.55. The highest BCUT2D eigenvalue weighted by Gasteiger charge is 2.44. The van der Waals surface area contributed by atoms with Crippen molar-refractivity contribution in [3.05, 3.63) is 0 Å². The molecule has 0 aliphatic carbocycles. The summed E-state index contributed by atoms with van der Waals surface area (Å²) in [4.78, 5) is 10.8. The normalized spacial score (nSPS) is 30.4. The first kappa shape index (κ1) is 7.54. The average Bonchev–Trinajstić information content (AvgIpc) is 2.64. The first-order valence-electron chi connectivity index (χ1n) is 3.50. The van der Waals surface area contributed by atoms with Crippen LogP contribution < -0.4 is 5.32 Å². The Kier molecular flexibility index (Phi) is 1.94. The number of carbonyl (C=O) groups excluding carboxylic acids is 1. The predicted molar refractivity (Wildman–Crippen MR) is 37.6 cm³/mol. The Morgan fingerprint density at radius 1 is 1.60 bits per heavy atom. The van der Waals surface area contributed by atoms with E-state index in [4.69, 9.17) is 0 Å². The lowest BCUT2D eigenvalue weighted by atomic mass is 10.1. The maximum absolute atomic E-state index is 10.8. The number of methoxy groups -OCH3 is 1. The highest BCUT2D eigenvalue weighted by atomic mass is 16.5. The third kappa shape index (κ3) is 1.29. The Hall–Kier alpha value is -0.570. The van der Waals surface area contributed by atoms with Crippen molar-refractivity contribution in [2.75, 3.05) is 7.11 Å². The van der Waals surface area contributed by atoms with Crippen molar-refractivity contribution in [1.29, 1.82) is 0 Å². The SMILES string of the molecule is COC(=O)[C@H]1N[C@@H]1C(C)C. The molecule has 1 aliphatic heterocycles. The molecule has 1 rings (SSSR count). The fourth-order valence-electron chi connectivity index (χ4n) is 1.07. The summed E-state index contributed by atoms with van der Waals surface area (Å²) in [6.45, 7) is 4.17. The van der Waals surface area contributed by atoms with Crippen molar-refractivity contribution < 1.29 is 9.53 Å². The lowest BCUT2D eigenvalue weighted by molar-refractivity contribution is -0.140. The van der Waals surface area contributed by atoms with Gasteiger partial charge in [-0.3, -0.25) is 10.1 Å². The van der Waals surface area contributed by atoms with Crippen LogP contribution in [-0.2, 0) is 9.53 Å². The van der Waals surface area contributed by atoms with Gasteiger partial charge in [-0.15, -0.1) is 0 Å². The van der Waals surface area contributed by atoms with Crippen LogP contribution >= 0.6 is 0 Å². The molecule has 0 aromatic carbocycles. The van der Waals surface area contributed by atoms with Crippen LogP contribution in [0.25, 0.3) is 0 Å². The van der Waals surface area contributed by atoms with Gasteiger partial charge in [-0.2, -0.15) is 0 Å². The second kappa shape index (κ2) is 2.58. The van der Waals surface area contributed by atoms with E-state index in [1.165, 1.54) is 7.11 Å². The minimum Gasteiger partial charge on any atom is -0.468 e. The van der Waals surface area contributed by atoms with Crippen LogP contribution in [0.5, 0.6) is 0 Å². The molecule has 2 atom stereocenters. The lowest BCUT2D eigenvalue weighted by Gasteiger charge is -1.97. The van der Waals surface area contributed by atoms with E-state index in [2.05, 4.69) is 23.9 Å². The van der Waals surface area contributed by atoms with E-state index in [0.29, 0.717) is 12.0 Å². The zero-order valence-corrected chi connectivity index (χ0v) is 6.55. The summed E-state index contributed by atoms with van der Waals surface area (Å²) in [5.74, 6) is 0.378. The molecule has 10 heavy (non-hydrogen) atoms. The van der Waals surface area contributed by atoms with Gasteiger partial charge >= 0.3 is 5.97 Å². The van der Waals surface area contributed by atoms with E-state index in [-0.39, 0.29) is 12.0 Å². The largest absolute Gasteiger partial charge is 0.468 e. The summed E-state index contributed by atoms with van der Waals surface area (Å²) in [6, 6.07) is 0.303. The van der Waals surface area contributed by atoms with Crippen molar-refractivity contribution in [2.24, 2.45) is 5.92 Å². The summed E-state index contributed by atoms with van der Waals surface area (Å²) >= 11 is 0. The Bertz CT molecular complexity index is 145. The topological polar surface area (TPSA) is 48.2 Å². The van der Waals surface area contributed by atoms with Crippen molar-refractivity contribution in [3.8, 4) is 0 Å². The molecule has 0 bridgehead atoms. The number of hydrogen-bond acceptors (Lipinski definition) is 3. The fraction of sp³-hybridized carbons (Fsp3) is 0.857. The standard InChI is InChI=1S/C7H13NO2/c1-4(2)5-6(8-5)7(9)10-3/h4-6,8H,1-3H3/t5-,6+/m1/s1. The molecule has 3 nitrogen and oxygen atoms in total. The van der Waals surface area contributed by atoms with E-state index in [1.54, 1.807) is 0 Å². The molecule has 0 aromatic heterocycles. The second-order valence-electron chi connectivity index (χ2n) is 2.94. The van der Waals surface area contributed by atoms with Crippen LogP contribution in [0.1, 0.15) is 13.8 Å². The van der Waals surface area contributed by atoms with Crippen LogP contribution in [0.3, 0.4) is 0 Å². The predicted octanol–water partition coefficient (Wildman–Crippen LogP) is 0.156. The summed E-state index contributed by atoms with van der Waals surface area (Å²) in [5.41, 5.74) is 0. The Morgan fingerprint density at radius 3 is 2.50 bits per heavy atom. The maximum atomic E-state index is 10.8. The Balaban J connectivity index is 2.31. The summed E-state index contributed by atoms with van der Waals surface area (Å²) < 4.78 is 4.55. The highest BCUT2D eigenvalue weighted by molar-refractivity contribution is 5.80. The highest BCUT2D eigenvalue weighted by Crippen LogP contribution is 2.20. The van der Waals surface area contributed by atoms with Crippen molar-refractivity contribution >= 4 is 5.97 Å². The number of rotatable bonds is 2. The lowest BCUT2D eigenvalue weighted by Crippen LogP contribution is -2.14. The maximum Gasteiger partial charge on any atom is 0.324 e. The first-order chi connectivity index (χ1) is 4.66. The number of esters is 1. The van der Waals surface area contributed by atoms with Crippen molar-refractivity contribution in [2.45, 2.75) is 25.9 Å². The van der Waals surface area contributed by atoms with Gasteiger partial charge in [0, 0.05) is 6.04 Å². The molecule has 1 fully saturated rings. The number of nitrogens with one attached hydrogen (secondary N) is 1. The van der Waals surface area contributed by atoms with Gasteiger partial charge in [0.2, 0.25) is 0 Å². The monoisotopic (exact) mass is 143 g/mol. The van der Waals surface area contributed by atoms with Crippen LogP contribution in [0.2, 0.25) is 0 Å². The molecule has 0 amide bonds. The van der Waals surface area contributed by atoms with Gasteiger partial charge < -0.3 is 4.74 Å². The molecule has 1 N–H and O–H groups in total. The molecule has 0 aromatic rings. The van der Waals surface area contributed by atoms with Gasteiger partial charge in [0.1, 0.15) is 6.04 Å². The van der Waals surface area contributed by atoms with Crippen LogP contribution in [-0.4, -0.2) is 25.2 Å². The van der Waals surface area contributed by atoms with E-state index < -0.39 is 0 Å². The molecule has 0 radical (unpaired) electrons. The van der Waals surface area contributed by atoms with Gasteiger partial charge in [-0.25, -0.2) is 0 Å². The molecule has 0 saturated carbocycles. The fourth-order valence-corrected chi connectivity index (χ4v) is 1.07. The first-order valence-corrected chi connectivity index (χ1v) is 3.50. The van der Waals surface area contributed by atoms with Crippen LogP contribution in [0.4, 0.5) is 0 Å². The zero-order chi connectivity index (χ0) is 7.72. The molecule has 3 heteroatoms. The number of ether oxygens (including phenoxy) is 1. The minimum absolute atomic E-state index is 0.0370. The molecule has 58 valence electrons. The number of carbonyl (C=O) groups is 1. The van der Waals surface area contributed by atoms with Gasteiger partial charge in [-0.05, 0) is 5.92 Å². The molecule has 1 saturated heterocycles. The molecule has 0 unspecified atom stereocenters. The quantitative estimate of drug-likeness (QED) is 0.442. The van der Waals surface area contributed by atoms with E-state index in [1.807, 2.05) is 0 Å². The van der Waals surface area contributed by atoms with Crippen molar-refractivity contribution in [3.63, 3.8) is 0 Å². The molecule has 1 aliphatic rings. The summed E-state index contributed by atoms with van der Waals surface area (Å²) in [6.07, 6.45) is 0. The molecule has 1 heterocycles. The second-order valence-corrected chi connectivity index (χ2v) is 2.94. The number of hydrogen-bond donors (Lipinski definition) is 1. The average molecular weight is 143 g/mol. The third-order valence-electron chi connectivity index (χ3n) is 1.80. The molecular weight excluding hydrogens is 130 g/mol. The third-order valence-corrected chi connectivity index (χ3v) is 1.80. The van der Waals surface area contributed by atoms with E-state index in [0.717, 1.165) is 0 Å². The minimum atomic E-state index is -0.140. The van der Waals surface area contributed by atoms with E-state index in [9.17, 15) is 4.79 Å². The van der Waals surface area contributed by atoms with Gasteiger partial charge in [0.25, 0.3) is 0 Å². The smallest absolute Gasteiger partial charge is 0.324 e. The summed E-state index contributed by atoms with van der Waals surface area (Å²) in [7, 11) is 1.42. The van der Waals surface area contributed by atoms with Crippen molar-refractivity contribution in [1.82, 2.24) is 5.32 Å². The molecule has 0 spiro atoms. The van der Waals surface area contributed by atoms with Gasteiger partial charge in [0.15, 0.2) is 0 Å². The van der Waals surface area contributed by atoms with Gasteiger partial charge in [-0.1, -0.05) is 13.8 Å². The van der Waals surface area contributed by atoms with E-state index >= 15 is 0 Å². The molecular formula is C7H13NO2. The van der Waals surface area contributed by atoms with Crippen LogP contribution in [0, 0.1) is 5.92 Å². The Labute approximate surface area is 60.7 Å². The summed E-state index contributed by atoms with van der Waals surface area (Å²) in [5, 5.41) is 3.04. The Morgan fingerprint density at radius 2 is 2.20 bits per heavy atom. The van der Waals surface area contributed by atoms with Gasteiger partial charge in [0.05, 0.1) is 7.11 Å². The van der Waals surface area contributed by atoms with Crippen LogP contribution in [0.15, 0.2) is 0 Å².